The lowest BCUT2D eigenvalue weighted by Crippen LogP contribution is -2.21. The van der Waals surface area contributed by atoms with Crippen LogP contribution in [0.2, 0.25) is 0 Å². The maximum absolute atomic E-state index is 15.2. The molecule has 0 aromatic heterocycles. The molecule has 0 aliphatic rings. The molecule has 0 atom stereocenters. The number of ether oxygens (including phenoxy) is 2. The molecule has 5 aromatic carbocycles. The van der Waals surface area contributed by atoms with Crippen LogP contribution in [0.25, 0.3) is 33.4 Å². The van der Waals surface area contributed by atoms with Gasteiger partial charge in [-0.2, -0.15) is 8.78 Å². The summed E-state index contributed by atoms with van der Waals surface area (Å²) < 4.78 is 120. The highest BCUT2D eigenvalue weighted by molar-refractivity contribution is 5.74. The van der Waals surface area contributed by atoms with Gasteiger partial charge in [-0.25, -0.2) is 13.2 Å². The van der Waals surface area contributed by atoms with E-state index in [4.69, 9.17) is 4.74 Å². The number of hydrogen-bond donors (Lipinski definition) is 0. The van der Waals surface area contributed by atoms with Gasteiger partial charge in [0.15, 0.2) is 11.6 Å². The fraction of sp³-hybridized carbons (Fsp3) is 0.189. The van der Waals surface area contributed by atoms with Crippen molar-refractivity contribution in [2.75, 3.05) is 0 Å². The van der Waals surface area contributed by atoms with E-state index in [2.05, 4.69) is 11.7 Å². The Morgan fingerprint density at radius 1 is 0.532 bits per heavy atom. The molecule has 0 heterocycles. The van der Waals surface area contributed by atoms with Crippen LogP contribution in [0.1, 0.15) is 37.3 Å². The molecule has 0 radical (unpaired) electrons. The predicted octanol–water partition coefficient (Wildman–Crippen LogP) is 11.9. The first-order chi connectivity index (χ1) is 22.3. The molecule has 0 fully saturated rings. The topological polar surface area (TPSA) is 18.5 Å². The molecule has 244 valence electrons. The summed E-state index contributed by atoms with van der Waals surface area (Å²) in [7, 11) is 0. The Labute approximate surface area is 266 Å². The van der Waals surface area contributed by atoms with E-state index in [9.17, 15) is 26.3 Å². The van der Waals surface area contributed by atoms with Gasteiger partial charge in [-0.3, -0.25) is 0 Å². The van der Waals surface area contributed by atoms with Crippen LogP contribution in [0.15, 0.2) is 103 Å². The number of unbranched alkanes of at least 4 members (excludes halogenated alkanes) is 2. The third-order valence-corrected chi connectivity index (χ3v) is 7.51. The van der Waals surface area contributed by atoms with Gasteiger partial charge < -0.3 is 9.47 Å². The summed E-state index contributed by atoms with van der Waals surface area (Å²) in [4.78, 5) is 0. The van der Waals surface area contributed by atoms with Crippen molar-refractivity contribution in [1.29, 1.82) is 0 Å². The summed E-state index contributed by atoms with van der Waals surface area (Å²) in [6, 6.07) is 22.2. The lowest BCUT2D eigenvalue weighted by molar-refractivity contribution is -0.275. The van der Waals surface area contributed by atoms with Gasteiger partial charge in [0.1, 0.15) is 17.4 Å². The Hall–Kier alpha value is -4.86. The number of hydrogen-bond acceptors (Lipinski definition) is 2. The highest BCUT2D eigenvalue weighted by atomic mass is 19.4. The zero-order valence-corrected chi connectivity index (χ0v) is 25.0. The van der Waals surface area contributed by atoms with E-state index in [-0.39, 0.29) is 33.6 Å². The minimum atomic E-state index is -5.09. The van der Waals surface area contributed by atoms with Crippen LogP contribution < -0.4 is 9.47 Å². The summed E-state index contributed by atoms with van der Waals surface area (Å²) in [5, 5.41) is 0. The lowest BCUT2D eigenvalue weighted by Gasteiger charge is -2.19. The van der Waals surface area contributed by atoms with Crippen LogP contribution >= 0.6 is 0 Å². The van der Waals surface area contributed by atoms with E-state index >= 15 is 8.78 Å². The number of alkyl halides is 5. The average molecular weight is 657 g/mol. The number of aryl methyl sites for hydroxylation is 1. The number of halogens is 8. The van der Waals surface area contributed by atoms with Gasteiger partial charge in [0.05, 0.1) is 5.56 Å². The number of rotatable bonds is 11. The monoisotopic (exact) mass is 656 g/mol. The molecule has 5 aromatic rings. The van der Waals surface area contributed by atoms with Gasteiger partial charge in [-0.15, -0.1) is 13.2 Å². The van der Waals surface area contributed by atoms with E-state index < -0.39 is 35.7 Å². The van der Waals surface area contributed by atoms with Crippen molar-refractivity contribution in [3.8, 4) is 44.9 Å². The van der Waals surface area contributed by atoms with Crippen molar-refractivity contribution in [3.63, 3.8) is 0 Å². The second-order valence-electron chi connectivity index (χ2n) is 10.9. The van der Waals surface area contributed by atoms with Crippen LogP contribution in [-0.2, 0) is 12.5 Å². The number of benzene rings is 5. The third kappa shape index (κ3) is 8.30. The fourth-order valence-electron chi connectivity index (χ4n) is 5.09. The van der Waals surface area contributed by atoms with Gasteiger partial charge in [-0.05, 0) is 89.2 Å². The van der Waals surface area contributed by atoms with E-state index in [1.54, 1.807) is 18.2 Å². The lowest BCUT2D eigenvalue weighted by atomic mass is 9.97. The Bertz CT molecular complexity index is 1830. The summed E-state index contributed by atoms with van der Waals surface area (Å²) in [6.07, 6.45) is -4.71. The molecular weight excluding hydrogens is 628 g/mol. The van der Waals surface area contributed by atoms with Crippen LogP contribution in [0.3, 0.4) is 0 Å². The molecule has 0 spiro atoms. The molecule has 0 aliphatic carbocycles. The zero-order chi connectivity index (χ0) is 33.8. The van der Waals surface area contributed by atoms with Crippen molar-refractivity contribution in [3.05, 3.63) is 132 Å². The predicted molar refractivity (Wildman–Crippen MR) is 163 cm³/mol. The molecule has 2 nitrogen and oxygen atoms in total. The molecule has 0 bridgehead atoms. The van der Waals surface area contributed by atoms with Crippen LogP contribution in [0.5, 0.6) is 11.5 Å². The quantitative estimate of drug-likeness (QED) is 0.104. The molecule has 0 saturated heterocycles. The molecule has 5 rings (SSSR count). The first kappa shape index (κ1) is 33.5. The van der Waals surface area contributed by atoms with Gasteiger partial charge >= 0.3 is 12.5 Å². The summed E-state index contributed by atoms with van der Waals surface area (Å²) in [6.45, 7) is 2.09. The van der Waals surface area contributed by atoms with Crippen molar-refractivity contribution in [1.82, 2.24) is 0 Å². The molecule has 0 saturated carbocycles. The maximum Gasteiger partial charge on any atom is 0.573 e. The van der Waals surface area contributed by atoms with Gasteiger partial charge in [0.25, 0.3) is 0 Å². The SMILES string of the molecule is CCCCCc1ccc(C(F)(F)Oc2ccc(-c3ccc(-c4ccc(-c5ccc(OC(F)(F)F)c(F)c5)c(F)c4)c(F)c3)cc2)cc1. The second kappa shape index (κ2) is 13.9. The Morgan fingerprint density at radius 3 is 1.62 bits per heavy atom. The zero-order valence-electron chi connectivity index (χ0n) is 25.0. The van der Waals surface area contributed by atoms with Crippen molar-refractivity contribution >= 4 is 0 Å². The molecule has 0 unspecified atom stereocenters. The van der Waals surface area contributed by atoms with Crippen molar-refractivity contribution in [2.24, 2.45) is 0 Å². The Morgan fingerprint density at radius 2 is 1.06 bits per heavy atom. The van der Waals surface area contributed by atoms with Gasteiger partial charge in [-0.1, -0.05) is 74.4 Å². The highest BCUT2D eigenvalue weighted by Gasteiger charge is 2.34. The molecular formula is C37H28F8O2. The van der Waals surface area contributed by atoms with Gasteiger partial charge in [0.2, 0.25) is 0 Å². The van der Waals surface area contributed by atoms with Crippen LogP contribution in [0, 0.1) is 17.5 Å². The Kier molecular flexibility index (Phi) is 9.88. The van der Waals surface area contributed by atoms with E-state index in [1.807, 2.05) is 0 Å². The standard InChI is InChI=1S/C37H28F8O2/c1-2-3-4-5-23-6-13-28(14-7-23)36(41,42)46-29-15-8-24(9-16-29)25-10-17-30(32(38)20-25)26-11-18-31(33(39)21-26)27-12-19-35(34(40)22-27)47-37(43,44)45/h6-22H,2-5H2,1H3. The summed E-state index contributed by atoms with van der Waals surface area (Å²) in [5.41, 5.74) is 1.70. The minimum absolute atomic E-state index is 0.0437. The first-order valence-electron chi connectivity index (χ1n) is 14.7. The minimum Gasteiger partial charge on any atom is -0.429 e. The average Bonchev–Trinajstić information content (AvgIpc) is 3.02. The molecule has 10 heteroatoms. The summed E-state index contributed by atoms with van der Waals surface area (Å²) >= 11 is 0. The molecule has 47 heavy (non-hydrogen) atoms. The molecule has 0 N–H and O–H groups in total. The normalized spacial score (nSPS) is 11.9. The molecule has 0 amide bonds. The molecule has 0 aliphatic heterocycles. The smallest absolute Gasteiger partial charge is 0.429 e. The Balaban J connectivity index is 1.27. The van der Waals surface area contributed by atoms with Crippen LogP contribution in [0.4, 0.5) is 35.1 Å². The van der Waals surface area contributed by atoms with Crippen molar-refractivity contribution in [2.45, 2.75) is 45.1 Å². The van der Waals surface area contributed by atoms with E-state index in [1.165, 1.54) is 60.7 Å². The van der Waals surface area contributed by atoms with Crippen LogP contribution in [-0.4, -0.2) is 6.36 Å². The first-order valence-corrected chi connectivity index (χ1v) is 14.7. The maximum atomic E-state index is 15.2. The fourth-order valence-corrected chi connectivity index (χ4v) is 5.09. The van der Waals surface area contributed by atoms with Crippen molar-refractivity contribution < 1.29 is 44.6 Å². The second-order valence-corrected chi connectivity index (χ2v) is 10.9. The summed E-state index contributed by atoms with van der Waals surface area (Å²) in [5.74, 6) is -4.02. The van der Waals surface area contributed by atoms with Gasteiger partial charge in [0, 0.05) is 11.1 Å². The highest BCUT2D eigenvalue weighted by Crippen LogP contribution is 2.36. The largest absolute Gasteiger partial charge is 0.573 e. The third-order valence-electron chi connectivity index (χ3n) is 7.51. The van der Waals surface area contributed by atoms with E-state index in [0.29, 0.717) is 17.2 Å². The van der Waals surface area contributed by atoms with E-state index in [0.717, 1.165) is 49.4 Å².